The molecule has 0 aliphatic heterocycles. The maximum atomic E-state index is 11.4. The number of aliphatic imine (C=N–C) groups is 1. The van der Waals surface area contributed by atoms with Crippen molar-refractivity contribution in [2.45, 2.75) is 24.9 Å². The van der Waals surface area contributed by atoms with Gasteiger partial charge in [-0.1, -0.05) is 12.1 Å². The van der Waals surface area contributed by atoms with Crippen LogP contribution in [0.5, 0.6) is 0 Å². The molecule has 0 aliphatic rings. The maximum absolute atomic E-state index is 11.4. The molecule has 0 amide bonds. The first kappa shape index (κ1) is 17.5. The molecule has 1 heterocycles. The molecule has 2 N–H and O–H groups in total. The number of nitrogens with one attached hydrogen (secondary N) is 2. The number of thiophene rings is 1. The number of nitrogens with zero attached hydrogens (tertiary/aromatic N) is 1. The number of hydrogen-bond donors (Lipinski definition) is 2. The highest BCUT2D eigenvalue weighted by Crippen LogP contribution is 2.10. The van der Waals surface area contributed by atoms with Crippen molar-refractivity contribution in [2.24, 2.45) is 4.99 Å². The highest BCUT2D eigenvalue weighted by Gasteiger charge is 2.06. The summed E-state index contributed by atoms with van der Waals surface area (Å²) in [4.78, 5) is 4.87. The number of guanidine groups is 1. The first-order chi connectivity index (χ1) is 11.0. The van der Waals surface area contributed by atoms with Crippen molar-refractivity contribution >= 4 is 27.1 Å². The topological polar surface area (TPSA) is 70.6 Å². The van der Waals surface area contributed by atoms with Gasteiger partial charge in [-0.3, -0.25) is 0 Å². The van der Waals surface area contributed by atoms with Crippen molar-refractivity contribution in [1.29, 1.82) is 0 Å². The summed E-state index contributed by atoms with van der Waals surface area (Å²) in [6.45, 7) is 4.01. The van der Waals surface area contributed by atoms with Crippen LogP contribution in [0.1, 0.15) is 18.1 Å². The van der Waals surface area contributed by atoms with E-state index in [-0.39, 0.29) is 0 Å². The lowest BCUT2D eigenvalue weighted by molar-refractivity contribution is 0.602. The van der Waals surface area contributed by atoms with E-state index in [1.807, 2.05) is 24.4 Å². The molecule has 23 heavy (non-hydrogen) atoms. The first-order valence-electron chi connectivity index (χ1n) is 7.31. The summed E-state index contributed by atoms with van der Waals surface area (Å²) >= 11 is 1.66. The van der Waals surface area contributed by atoms with Gasteiger partial charge in [-0.25, -0.2) is 13.4 Å². The monoisotopic (exact) mass is 351 g/mol. The van der Waals surface area contributed by atoms with E-state index in [2.05, 4.69) is 27.1 Å². The minimum Gasteiger partial charge on any atom is -0.357 e. The van der Waals surface area contributed by atoms with Gasteiger partial charge in [0.15, 0.2) is 15.8 Å². The molecular weight excluding hydrogens is 330 g/mol. The third-order valence-corrected chi connectivity index (χ3v) is 5.02. The van der Waals surface area contributed by atoms with Gasteiger partial charge in [0.05, 0.1) is 11.4 Å². The molecule has 1 aromatic carbocycles. The van der Waals surface area contributed by atoms with Gasteiger partial charge >= 0.3 is 0 Å². The average Bonchev–Trinajstić information content (AvgIpc) is 3.03. The average molecular weight is 351 g/mol. The third-order valence-electron chi connectivity index (χ3n) is 3.16. The van der Waals surface area contributed by atoms with Crippen LogP contribution in [0.25, 0.3) is 0 Å². The zero-order chi connectivity index (χ0) is 16.7. The summed E-state index contributed by atoms with van der Waals surface area (Å²) in [5.41, 5.74) is 2.18. The van der Waals surface area contributed by atoms with Crippen LogP contribution in [0, 0.1) is 0 Å². The van der Waals surface area contributed by atoms with Crippen LogP contribution in [0.2, 0.25) is 0 Å². The van der Waals surface area contributed by atoms with Gasteiger partial charge in [-0.2, -0.15) is 11.3 Å². The molecule has 2 rings (SSSR count). The van der Waals surface area contributed by atoms with Crippen molar-refractivity contribution < 1.29 is 8.42 Å². The molecule has 0 atom stereocenters. The van der Waals surface area contributed by atoms with Crippen LogP contribution in [-0.2, 0) is 22.9 Å². The van der Waals surface area contributed by atoms with Crippen molar-refractivity contribution in [2.75, 3.05) is 12.8 Å². The molecule has 1 aromatic heterocycles. The fourth-order valence-corrected chi connectivity index (χ4v) is 3.23. The van der Waals surface area contributed by atoms with E-state index in [0.717, 1.165) is 18.1 Å². The fourth-order valence-electron chi connectivity index (χ4n) is 1.93. The molecule has 0 fully saturated rings. The van der Waals surface area contributed by atoms with Crippen molar-refractivity contribution in [3.05, 3.63) is 52.2 Å². The zero-order valence-electron chi connectivity index (χ0n) is 13.2. The number of hydrogen-bond acceptors (Lipinski definition) is 4. The summed E-state index contributed by atoms with van der Waals surface area (Å²) in [6, 6.07) is 8.93. The molecule has 0 radical (unpaired) electrons. The van der Waals surface area contributed by atoms with Gasteiger partial charge < -0.3 is 10.6 Å². The van der Waals surface area contributed by atoms with Crippen LogP contribution in [-0.4, -0.2) is 27.2 Å². The smallest absolute Gasteiger partial charge is 0.191 e. The Balaban J connectivity index is 1.96. The lowest BCUT2D eigenvalue weighted by Gasteiger charge is -2.11. The van der Waals surface area contributed by atoms with E-state index < -0.39 is 9.84 Å². The summed E-state index contributed by atoms with van der Waals surface area (Å²) in [6.07, 6.45) is 1.21. The largest absolute Gasteiger partial charge is 0.357 e. The second-order valence-electron chi connectivity index (χ2n) is 5.10. The van der Waals surface area contributed by atoms with E-state index in [4.69, 9.17) is 0 Å². The summed E-state index contributed by atoms with van der Waals surface area (Å²) in [5.74, 6) is 0.742. The zero-order valence-corrected chi connectivity index (χ0v) is 14.9. The predicted molar refractivity (Wildman–Crippen MR) is 95.5 cm³/mol. The molecule has 7 heteroatoms. The van der Waals surface area contributed by atoms with Gasteiger partial charge in [0, 0.05) is 19.3 Å². The molecule has 124 valence electrons. The Labute approximate surface area is 141 Å². The van der Waals surface area contributed by atoms with Crippen molar-refractivity contribution in [3.63, 3.8) is 0 Å². The van der Waals surface area contributed by atoms with Gasteiger partial charge in [0.1, 0.15) is 0 Å². The normalized spacial score (nSPS) is 12.2. The molecular formula is C16H21N3O2S2. The number of benzene rings is 1. The highest BCUT2D eigenvalue weighted by atomic mass is 32.2. The lowest BCUT2D eigenvalue weighted by Crippen LogP contribution is -2.36. The Kier molecular flexibility index (Phi) is 6.18. The van der Waals surface area contributed by atoms with Gasteiger partial charge in [0.2, 0.25) is 0 Å². The Morgan fingerprint density at radius 2 is 1.87 bits per heavy atom. The van der Waals surface area contributed by atoms with E-state index in [1.165, 1.54) is 11.8 Å². The minimum absolute atomic E-state index is 0.333. The van der Waals surface area contributed by atoms with Crippen LogP contribution >= 0.6 is 11.3 Å². The summed E-state index contributed by atoms with van der Waals surface area (Å²) in [5, 5.41) is 10.6. The molecule has 0 aliphatic carbocycles. The molecule has 0 unspecified atom stereocenters. The third kappa shape index (κ3) is 5.69. The first-order valence-corrected chi connectivity index (χ1v) is 10.1. The van der Waals surface area contributed by atoms with E-state index >= 15 is 0 Å². The van der Waals surface area contributed by atoms with Crippen LogP contribution in [0.4, 0.5) is 0 Å². The molecule has 5 nitrogen and oxygen atoms in total. The van der Waals surface area contributed by atoms with E-state index in [9.17, 15) is 8.42 Å². The summed E-state index contributed by atoms with van der Waals surface area (Å²) in [7, 11) is -3.15. The van der Waals surface area contributed by atoms with Crippen LogP contribution in [0.15, 0.2) is 51.0 Å². The molecule has 0 saturated heterocycles. The highest BCUT2D eigenvalue weighted by molar-refractivity contribution is 7.90. The maximum Gasteiger partial charge on any atom is 0.191 e. The second kappa shape index (κ2) is 8.12. The van der Waals surface area contributed by atoms with Crippen LogP contribution < -0.4 is 10.6 Å². The number of rotatable bonds is 6. The molecule has 2 aromatic rings. The van der Waals surface area contributed by atoms with Crippen molar-refractivity contribution in [3.8, 4) is 0 Å². The fraction of sp³-hybridized carbons (Fsp3) is 0.312. The number of sulfone groups is 1. The molecule has 0 spiro atoms. The SMILES string of the molecule is CCNC(=NCc1ccsc1)NCc1ccc(S(C)(=O)=O)cc1. The van der Waals surface area contributed by atoms with E-state index in [1.54, 1.807) is 23.5 Å². The van der Waals surface area contributed by atoms with Crippen LogP contribution in [0.3, 0.4) is 0 Å². The lowest BCUT2D eigenvalue weighted by atomic mass is 10.2. The minimum atomic E-state index is -3.15. The van der Waals surface area contributed by atoms with Gasteiger partial charge in [-0.15, -0.1) is 0 Å². The molecule has 0 bridgehead atoms. The Morgan fingerprint density at radius 3 is 2.43 bits per heavy atom. The Morgan fingerprint density at radius 1 is 1.13 bits per heavy atom. The molecule has 0 saturated carbocycles. The Hall–Kier alpha value is -1.86. The standard InChI is InChI=1S/C16H21N3O2S2/c1-3-17-16(19-11-14-8-9-22-12-14)18-10-13-4-6-15(7-5-13)23(2,20)21/h4-9,12H,3,10-11H2,1-2H3,(H2,17,18,19). The predicted octanol–water partition coefficient (Wildman–Crippen LogP) is 2.41. The Bertz CT molecular complexity index is 736. The van der Waals surface area contributed by atoms with Crippen molar-refractivity contribution in [1.82, 2.24) is 10.6 Å². The van der Waals surface area contributed by atoms with Gasteiger partial charge in [-0.05, 0) is 47.0 Å². The summed E-state index contributed by atoms with van der Waals surface area (Å²) < 4.78 is 22.9. The quantitative estimate of drug-likeness (QED) is 0.619. The second-order valence-corrected chi connectivity index (χ2v) is 7.89. The van der Waals surface area contributed by atoms with E-state index in [0.29, 0.717) is 18.0 Å². The van der Waals surface area contributed by atoms with Gasteiger partial charge in [0.25, 0.3) is 0 Å².